The van der Waals surface area contributed by atoms with Gasteiger partial charge >= 0.3 is 0 Å². The minimum Gasteiger partial charge on any atom is -0.364 e. The highest BCUT2D eigenvalue weighted by Gasteiger charge is 2.19. The number of aryl methyl sites for hydroxylation is 1. The molecule has 2 rings (SSSR count). The van der Waals surface area contributed by atoms with Crippen LogP contribution in [0.25, 0.3) is 0 Å². The van der Waals surface area contributed by atoms with Gasteiger partial charge in [0.1, 0.15) is 17.8 Å². The Morgan fingerprint density at radius 3 is 2.90 bits per heavy atom. The fourth-order valence-electron chi connectivity index (χ4n) is 1.97. The smallest absolute Gasteiger partial charge is 0.223 e. The molecule has 0 aliphatic rings. The molecule has 0 bridgehead atoms. The Balaban J connectivity index is 1.91. The maximum absolute atomic E-state index is 13.1. The van der Waals surface area contributed by atoms with Crippen LogP contribution in [-0.2, 0) is 11.2 Å². The lowest BCUT2D eigenvalue weighted by molar-refractivity contribution is -0.131. The van der Waals surface area contributed by atoms with E-state index in [9.17, 15) is 9.18 Å². The highest BCUT2D eigenvalue weighted by atomic mass is 19.1. The van der Waals surface area contributed by atoms with Gasteiger partial charge in [0.2, 0.25) is 5.91 Å². The molecule has 1 atom stereocenters. The largest absolute Gasteiger partial charge is 0.364 e. The SMILES string of the molecule is CC(c1ccon1)N(C)C(=O)CCc1cccc(F)c1. The minimum atomic E-state index is -0.278. The Morgan fingerprint density at radius 2 is 2.25 bits per heavy atom. The van der Waals surface area contributed by atoms with Crippen LogP contribution < -0.4 is 0 Å². The number of benzene rings is 1. The molecule has 1 heterocycles. The molecule has 0 spiro atoms. The number of carbonyl (C=O) groups excluding carboxylic acids is 1. The summed E-state index contributed by atoms with van der Waals surface area (Å²) in [6.45, 7) is 1.89. The molecule has 1 amide bonds. The summed E-state index contributed by atoms with van der Waals surface area (Å²) in [5.74, 6) is -0.288. The third-order valence-electron chi connectivity index (χ3n) is 3.38. The second kappa shape index (κ2) is 6.32. The number of aromatic nitrogens is 1. The van der Waals surface area contributed by atoms with Crippen molar-refractivity contribution in [2.75, 3.05) is 7.05 Å². The highest BCUT2D eigenvalue weighted by molar-refractivity contribution is 5.76. The van der Waals surface area contributed by atoms with Crippen LogP contribution in [0, 0.1) is 5.82 Å². The summed E-state index contributed by atoms with van der Waals surface area (Å²) in [4.78, 5) is 13.7. The number of amides is 1. The van der Waals surface area contributed by atoms with E-state index < -0.39 is 0 Å². The molecule has 0 radical (unpaired) electrons. The quantitative estimate of drug-likeness (QED) is 0.843. The van der Waals surface area contributed by atoms with Crippen molar-refractivity contribution in [2.24, 2.45) is 0 Å². The first-order valence-electron chi connectivity index (χ1n) is 6.48. The predicted octanol–water partition coefficient (Wildman–Crippen LogP) is 2.97. The maximum atomic E-state index is 13.1. The van der Waals surface area contributed by atoms with E-state index in [2.05, 4.69) is 5.16 Å². The summed E-state index contributed by atoms with van der Waals surface area (Å²) >= 11 is 0. The Bertz CT molecular complexity index is 569. The van der Waals surface area contributed by atoms with Gasteiger partial charge in [0, 0.05) is 19.5 Å². The minimum absolute atomic E-state index is 0.00948. The van der Waals surface area contributed by atoms with E-state index in [1.54, 1.807) is 24.1 Å². The standard InChI is InChI=1S/C15H17FN2O2/c1-11(14-8-9-20-17-14)18(2)15(19)7-6-12-4-3-5-13(16)10-12/h3-5,8-11H,6-7H2,1-2H3. The van der Waals surface area contributed by atoms with Crippen molar-refractivity contribution in [1.29, 1.82) is 0 Å². The summed E-state index contributed by atoms with van der Waals surface area (Å²) < 4.78 is 17.8. The summed E-state index contributed by atoms with van der Waals surface area (Å²) in [6, 6.07) is 7.90. The van der Waals surface area contributed by atoms with E-state index in [-0.39, 0.29) is 17.8 Å². The molecule has 0 saturated carbocycles. The molecule has 0 N–H and O–H groups in total. The first kappa shape index (κ1) is 14.2. The monoisotopic (exact) mass is 276 g/mol. The van der Waals surface area contributed by atoms with Crippen LogP contribution in [0.5, 0.6) is 0 Å². The van der Waals surface area contributed by atoms with Gasteiger partial charge in [0.25, 0.3) is 0 Å². The van der Waals surface area contributed by atoms with Crippen LogP contribution in [0.2, 0.25) is 0 Å². The van der Waals surface area contributed by atoms with Crippen molar-refractivity contribution in [3.63, 3.8) is 0 Å². The van der Waals surface area contributed by atoms with Crippen LogP contribution in [-0.4, -0.2) is 23.0 Å². The average Bonchev–Trinajstić information content (AvgIpc) is 2.97. The number of nitrogens with zero attached hydrogens (tertiary/aromatic N) is 2. The Morgan fingerprint density at radius 1 is 1.45 bits per heavy atom. The molecule has 2 aromatic rings. The Kier molecular flexibility index (Phi) is 4.50. The Hall–Kier alpha value is -2.17. The summed E-state index contributed by atoms with van der Waals surface area (Å²) in [6.07, 6.45) is 2.34. The van der Waals surface area contributed by atoms with Gasteiger partial charge in [-0.1, -0.05) is 17.3 Å². The van der Waals surface area contributed by atoms with Gasteiger partial charge in [-0.3, -0.25) is 4.79 Å². The van der Waals surface area contributed by atoms with E-state index >= 15 is 0 Å². The van der Waals surface area contributed by atoms with Gasteiger partial charge in [-0.15, -0.1) is 0 Å². The third-order valence-corrected chi connectivity index (χ3v) is 3.38. The number of carbonyl (C=O) groups is 1. The van der Waals surface area contributed by atoms with Gasteiger partial charge in [-0.25, -0.2) is 4.39 Å². The molecule has 5 heteroatoms. The number of rotatable bonds is 5. The van der Waals surface area contributed by atoms with Crippen LogP contribution in [0.4, 0.5) is 4.39 Å². The fourth-order valence-corrected chi connectivity index (χ4v) is 1.97. The van der Waals surface area contributed by atoms with Crippen LogP contribution in [0.3, 0.4) is 0 Å². The van der Waals surface area contributed by atoms with Crippen LogP contribution in [0.15, 0.2) is 41.1 Å². The first-order valence-corrected chi connectivity index (χ1v) is 6.48. The molecule has 0 saturated heterocycles. The molecule has 0 fully saturated rings. The van der Waals surface area contributed by atoms with Crippen molar-refractivity contribution in [2.45, 2.75) is 25.8 Å². The van der Waals surface area contributed by atoms with Gasteiger partial charge in [-0.2, -0.15) is 0 Å². The van der Waals surface area contributed by atoms with E-state index in [0.29, 0.717) is 18.5 Å². The third kappa shape index (κ3) is 3.44. The van der Waals surface area contributed by atoms with Gasteiger partial charge in [0.15, 0.2) is 0 Å². The lowest BCUT2D eigenvalue weighted by atomic mass is 10.1. The Labute approximate surface area is 117 Å². The second-order valence-electron chi connectivity index (χ2n) is 4.73. The molecule has 0 aliphatic carbocycles. The second-order valence-corrected chi connectivity index (χ2v) is 4.73. The van der Waals surface area contributed by atoms with E-state index in [1.165, 1.54) is 18.4 Å². The highest BCUT2D eigenvalue weighted by Crippen LogP contribution is 2.18. The topological polar surface area (TPSA) is 46.3 Å². The molecule has 1 unspecified atom stereocenters. The normalized spacial score (nSPS) is 12.2. The molecular formula is C15H17FN2O2. The summed E-state index contributed by atoms with van der Waals surface area (Å²) in [5, 5.41) is 3.83. The number of hydrogen-bond acceptors (Lipinski definition) is 3. The zero-order valence-electron chi connectivity index (χ0n) is 11.5. The van der Waals surface area contributed by atoms with E-state index in [1.807, 2.05) is 13.0 Å². The van der Waals surface area contributed by atoms with E-state index in [0.717, 1.165) is 5.56 Å². The first-order chi connectivity index (χ1) is 9.58. The zero-order valence-corrected chi connectivity index (χ0v) is 11.5. The lowest BCUT2D eigenvalue weighted by Crippen LogP contribution is -2.30. The average molecular weight is 276 g/mol. The molecule has 106 valence electrons. The van der Waals surface area contributed by atoms with Crippen molar-refractivity contribution in [3.05, 3.63) is 53.7 Å². The van der Waals surface area contributed by atoms with E-state index in [4.69, 9.17) is 4.52 Å². The number of halogens is 1. The van der Waals surface area contributed by atoms with Crippen molar-refractivity contribution < 1.29 is 13.7 Å². The number of hydrogen-bond donors (Lipinski definition) is 0. The van der Waals surface area contributed by atoms with Crippen molar-refractivity contribution >= 4 is 5.91 Å². The summed E-state index contributed by atoms with van der Waals surface area (Å²) in [7, 11) is 1.73. The summed E-state index contributed by atoms with van der Waals surface area (Å²) in [5.41, 5.74) is 1.53. The molecule has 4 nitrogen and oxygen atoms in total. The molecule has 0 aliphatic heterocycles. The van der Waals surface area contributed by atoms with Crippen molar-refractivity contribution in [1.82, 2.24) is 10.1 Å². The maximum Gasteiger partial charge on any atom is 0.223 e. The van der Waals surface area contributed by atoms with Gasteiger partial charge in [0.05, 0.1) is 6.04 Å². The van der Waals surface area contributed by atoms with Gasteiger partial charge < -0.3 is 9.42 Å². The predicted molar refractivity (Wildman–Crippen MR) is 72.4 cm³/mol. The van der Waals surface area contributed by atoms with Crippen LogP contribution in [0.1, 0.15) is 30.6 Å². The van der Waals surface area contributed by atoms with Gasteiger partial charge in [-0.05, 0) is 31.0 Å². The van der Waals surface area contributed by atoms with Crippen molar-refractivity contribution in [3.8, 4) is 0 Å². The zero-order chi connectivity index (χ0) is 14.5. The lowest BCUT2D eigenvalue weighted by Gasteiger charge is -2.23. The molecule has 20 heavy (non-hydrogen) atoms. The molecule has 1 aromatic carbocycles. The molecule has 1 aromatic heterocycles. The van der Waals surface area contributed by atoms with Crippen LogP contribution >= 0.6 is 0 Å². The fraction of sp³-hybridized carbons (Fsp3) is 0.333. The molecular weight excluding hydrogens is 259 g/mol.